The van der Waals surface area contributed by atoms with Gasteiger partial charge in [0.05, 0.1) is 13.2 Å². The van der Waals surface area contributed by atoms with E-state index in [-0.39, 0.29) is 0 Å². The van der Waals surface area contributed by atoms with Crippen LogP contribution in [0, 0.1) is 5.92 Å². The van der Waals surface area contributed by atoms with Gasteiger partial charge in [0.2, 0.25) is 0 Å². The standard InChI is InChI=1S/C14H28NO3P/c1-3-11-17-19(2,16)18-12-13-7-6-10-15-9-5-4-8-14(13)15/h13-14H,3-12H2,1-2H3/t13-,14+,19-/m0/s1. The van der Waals surface area contributed by atoms with Gasteiger partial charge >= 0.3 is 7.60 Å². The van der Waals surface area contributed by atoms with Gasteiger partial charge in [-0.05, 0) is 51.1 Å². The molecule has 0 saturated carbocycles. The van der Waals surface area contributed by atoms with Crippen LogP contribution in [0.4, 0.5) is 0 Å². The van der Waals surface area contributed by atoms with E-state index in [1.54, 1.807) is 6.66 Å². The summed E-state index contributed by atoms with van der Waals surface area (Å²) in [4.78, 5) is 2.61. The normalized spacial score (nSPS) is 31.7. The van der Waals surface area contributed by atoms with Gasteiger partial charge in [-0.2, -0.15) is 0 Å². The summed E-state index contributed by atoms with van der Waals surface area (Å²) in [5.41, 5.74) is 0. The molecular formula is C14H28NO3P. The van der Waals surface area contributed by atoms with Crippen LogP contribution in [0.1, 0.15) is 45.4 Å². The first kappa shape index (κ1) is 15.5. The third-order valence-electron chi connectivity index (χ3n) is 4.28. The van der Waals surface area contributed by atoms with Crippen molar-refractivity contribution in [1.82, 2.24) is 4.90 Å². The van der Waals surface area contributed by atoms with Crippen molar-refractivity contribution in [2.45, 2.75) is 51.5 Å². The minimum Gasteiger partial charge on any atom is -0.309 e. The van der Waals surface area contributed by atoms with Gasteiger partial charge in [-0.1, -0.05) is 13.3 Å². The highest BCUT2D eigenvalue weighted by atomic mass is 31.2. The van der Waals surface area contributed by atoms with E-state index in [2.05, 4.69) is 4.90 Å². The summed E-state index contributed by atoms with van der Waals surface area (Å²) in [5.74, 6) is 0.535. The van der Waals surface area contributed by atoms with Crippen LogP contribution in [0.25, 0.3) is 0 Å². The number of hydrogen-bond donors (Lipinski definition) is 0. The summed E-state index contributed by atoms with van der Waals surface area (Å²) in [6.45, 7) is 7.20. The molecule has 5 heteroatoms. The fourth-order valence-corrected chi connectivity index (χ4v) is 4.35. The zero-order valence-electron chi connectivity index (χ0n) is 12.3. The predicted molar refractivity (Wildman–Crippen MR) is 77.7 cm³/mol. The SMILES string of the molecule is CCCO[P@](C)(=O)OC[C@@H]1CCCN2CCCC[C@H]12. The highest BCUT2D eigenvalue weighted by Crippen LogP contribution is 2.45. The third kappa shape index (κ3) is 4.56. The predicted octanol–water partition coefficient (Wildman–Crippen LogP) is 3.52. The van der Waals surface area contributed by atoms with Gasteiger partial charge in [-0.25, -0.2) is 0 Å². The summed E-state index contributed by atoms with van der Waals surface area (Å²) in [6, 6.07) is 0.647. The van der Waals surface area contributed by atoms with Gasteiger partial charge in [0.1, 0.15) is 0 Å². The molecule has 2 heterocycles. The number of rotatable bonds is 6. The molecule has 2 aliphatic rings. The fourth-order valence-electron chi connectivity index (χ4n) is 3.30. The Labute approximate surface area is 117 Å². The quantitative estimate of drug-likeness (QED) is 0.701. The molecule has 3 atom stereocenters. The van der Waals surface area contributed by atoms with E-state index in [0.29, 0.717) is 25.2 Å². The average molecular weight is 289 g/mol. The van der Waals surface area contributed by atoms with E-state index in [9.17, 15) is 4.57 Å². The van der Waals surface area contributed by atoms with Crippen molar-refractivity contribution >= 4 is 7.60 Å². The van der Waals surface area contributed by atoms with Crippen molar-refractivity contribution in [3.63, 3.8) is 0 Å². The van der Waals surface area contributed by atoms with Crippen molar-refractivity contribution in [3.8, 4) is 0 Å². The molecule has 2 rings (SSSR count). The smallest absolute Gasteiger partial charge is 0.309 e. The van der Waals surface area contributed by atoms with E-state index >= 15 is 0 Å². The van der Waals surface area contributed by atoms with Crippen LogP contribution in [-0.4, -0.2) is 43.9 Å². The van der Waals surface area contributed by atoms with Crippen LogP contribution in [0.3, 0.4) is 0 Å². The molecule has 0 spiro atoms. The van der Waals surface area contributed by atoms with Crippen LogP contribution in [0.15, 0.2) is 0 Å². The van der Waals surface area contributed by atoms with Gasteiger partial charge in [-0.15, -0.1) is 0 Å². The Morgan fingerprint density at radius 1 is 1.16 bits per heavy atom. The molecular weight excluding hydrogens is 261 g/mol. The molecule has 0 amide bonds. The fraction of sp³-hybridized carbons (Fsp3) is 1.00. The van der Waals surface area contributed by atoms with Crippen LogP contribution in [-0.2, 0) is 13.6 Å². The first-order valence-electron chi connectivity index (χ1n) is 7.73. The van der Waals surface area contributed by atoms with Gasteiger partial charge in [0.15, 0.2) is 0 Å². The van der Waals surface area contributed by atoms with Crippen LogP contribution >= 0.6 is 7.60 Å². The number of piperidine rings is 2. The molecule has 0 radical (unpaired) electrons. The first-order valence-corrected chi connectivity index (χ1v) is 9.72. The zero-order chi connectivity index (χ0) is 13.7. The Kier molecular flexibility index (Phi) is 5.88. The zero-order valence-corrected chi connectivity index (χ0v) is 13.2. The number of hydrogen-bond acceptors (Lipinski definition) is 4. The molecule has 4 nitrogen and oxygen atoms in total. The van der Waals surface area contributed by atoms with Gasteiger partial charge in [0.25, 0.3) is 0 Å². The lowest BCUT2D eigenvalue weighted by molar-refractivity contribution is 0.0329. The van der Waals surface area contributed by atoms with Gasteiger partial charge in [-0.3, -0.25) is 4.57 Å². The van der Waals surface area contributed by atoms with E-state index in [0.717, 1.165) is 6.42 Å². The number of fused-ring (bicyclic) bond motifs is 1. The summed E-state index contributed by atoms with van der Waals surface area (Å²) in [5, 5.41) is 0. The Bertz CT molecular complexity index is 322. The highest BCUT2D eigenvalue weighted by Gasteiger charge is 2.34. The minimum absolute atomic E-state index is 0.522. The van der Waals surface area contributed by atoms with Crippen molar-refractivity contribution in [3.05, 3.63) is 0 Å². The topological polar surface area (TPSA) is 38.8 Å². The lowest BCUT2D eigenvalue weighted by Crippen LogP contribution is -2.49. The van der Waals surface area contributed by atoms with Crippen molar-refractivity contribution < 1.29 is 13.6 Å². The van der Waals surface area contributed by atoms with Crippen LogP contribution in [0.5, 0.6) is 0 Å². The molecule has 0 aromatic heterocycles. The summed E-state index contributed by atoms with van der Waals surface area (Å²) in [7, 11) is -2.84. The molecule has 19 heavy (non-hydrogen) atoms. The maximum absolute atomic E-state index is 12.1. The van der Waals surface area contributed by atoms with Crippen molar-refractivity contribution in [2.75, 3.05) is 33.0 Å². The molecule has 2 fully saturated rings. The van der Waals surface area contributed by atoms with Crippen LogP contribution < -0.4 is 0 Å². The molecule has 0 unspecified atom stereocenters. The van der Waals surface area contributed by atoms with Crippen LogP contribution in [0.2, 0.25) is 0 Å². The second-order valence-corrected chi connectivity index (χ2v) is 7.96. The second-order valence-electron chi connectivity index (χ2n) is 5.90. The highest BCUT2D eigenvalue weighted by molar-refractivity contribution is 7.52. The maximum Gasteiger partial charge on any atom is 0.327 e. The molecule has 0 aliphatic carbocycles. The monoisotopic (exact) mass is 289 g/mol. The lowest BCUT2D eigenvalue weighted by atomic mass is 9.84. The average Bonchev–Trinajstić information content (AvgIpc) is 2.43. The second kappa shape index (κ2) is 7.21. The first-order chi connectivity index (χ1) is 9.12. The summed E-state index contributed by atoms with van der Waals surface area (Å²) < 4.78 is 23.1. The molecule has 0 aromatic rings. The maximum atomic E-state index is 12.1. The molecule has 0 N–H and O–H groups in total. The van der Waals surface area contributed by atoms with Crippen molar-refractivity contribution in [1.29, 1.82) is 0 Å². The minimum atomic E-state index is -2.84. The molecule has 112 valence electrons. The van der Waals surface area contributed by atoms with E-state index in [1.165, 1.54) is 45.2 Å². The summed E-state index contributed by atoms with van der Waals surface area (Å²) >= 11 is 0. The van der Waals surface area contributed by atoms with Crippen molar-refractivity contribution in [2.24, 2.45) is 5.92 Å². The Morgan fingerprint density at radius 2 is 1.95 bits per heavy atom. The van der Waals surface area contributed by atoms with Gasteiger partial charge in [0, 0.05) is 12.7 Å². The molecule has 2 aliphatic heterocycles. The van der Waals surface area contributed by atoms with Gasteiger partial charge < -0.3 is 13.9 Å². The Morgan fingerprint density at radius 3 is 2.74 bits per heavy atom. The van der Waals surface area contributed by atoms with E-state index in [1.807, 2.05) is 6.92 Å². The third-order valence-corrected chi connectivity index (χ3v) is 5.55. The Balaban J connectivity index is 1.82. The van der Waals surface area contributed by atoms with E-state index < -0.39 is 7.60 Å². The Hall–Kier alpha value is 0.110. The largest absolute Gasteiger partial charge is 0.327 e. The molecule has 0 bridgehead atoms. The molecule has 2 saturated heterocycles. The molecule has 0 aromatic carbocycles. The lowest BCUT2D eigenvalue weighted by Gasteiger charge is -2.44. The summed E-state index contributed by atoms with van der Waals surface area (Å²) in [6.07, 6.45) is 7.26. The van der Waals surface area contributed by atoms with E-state index in [4.69, 9.17) is 9.05 Å². The number of nitrogens with zero attached hydrogens (tertiary/aromatic N) is 1.